The van der Waals surface area contributed by atoms with Crippen LogP contribution in [-0.4, -0.2) is 22.8 Å². The summed E-state index contributed by atoms with van der Waals surface area (Å²) in [6, 6.07) is 7.34. The number of methoxy groups -OCH3 is 1. The summed E-state index contributed by atoms with van der Waals surface area (Å²) in [5.41, 5.74) is 1.13. The first-order valence-corrected chi connectivity index (χ1v) is 5.47. The van der Waals surface area contributed by atoms with Gasteiger partial charge in [0.25, 0.3) is 0 Å². The number of carboxylic acids is 1. The maximum Gasteiger partial charge on any atom is 0.352 e. The van der Waals surface area contributed by atoms with Crippen molar-refractivity contribution in [3.8, 4) is 5.75 Å². The second-order valence-electron chi connectivity index (χ2n) is 4.20. The van der Waals surface area contributed by atoms with Crippen molar-refractivity contribution in [1.29, 1.82) is 0 Å². The number of nitrogens with zero attached hydrogens (tertiary/aromatic N) is 1. The van der Waals surface area contributed by atoms with E-state index in [-0.39, 0.29) is 6.04 Å². The van der Waals surface area contributed by atoms with E-state index in [0.29, 0.717) is 11.4 Å². The number of ether oxygens (including phenoxy) is 1. The lowest BCUT2D eigenvalue weighted by molar-refractivity contribution is 0.0684. The van der Waals surface area contributed by atoms with Gasteiger partial charge in [-0.25, -0.2) is 4.79 Å². The number of aromatic carboxylic acids is 1. The van der Waals surface area contributed by atoms with Crippen LogP contribution in [0.2, 0.25) is 0 Å². The van der Waals surface area contributed by atoms with Crippen LogP contribution in [-0.2, 0) is 0 Å². The maximum absolute atomic E-state index is 11.2. The second kappa shape index (κ2) is 4.13. The highest BCUT2D eigenvalue weighted by Crippen LogP contribution is 2.31. The number of carbonyl (C=O) groups is 1. The summed E-state index contributed by atoms with van der Waals surface area (Å²) in [6.45, 7) is 3.91. The first-order valence-electron chi connectivity index (χ1n) is 5.47. The molecule has 4 nitrogen and oxygen atoms in total. The summed E-state index contributed by atoms with van der Waals surface area (Å²) in [7, 11) is 1.59. The summed E-state index contributed by atoms with van der Waals surface area (Å²) in [6.07, 6.45) is 0. The highest BCUT2D eigenvalue weighted by atomic mass is 16.5. The summed E-state index contributed by atoms with van der Waals surface area (Å²) in [5.74, 6) is -0.222. The number of hydrogen-bond acceptors (Lipinski definition) is 2. The Balaban J connectivity index is 2.86. The second-order valence-corrected chi connectivity index (χ2v) is 4.20. The Hall–Kier alpha value is -1.97. The first-order chi connectivity index (χ1) is 8.06. The fraction of sp³-hybridized carbons (Fsp3) is 0.308. The molecule has 0 unspecified atom stereocenters. The predicted molar refractivity (Wildman–Crippen MR) is 65.8 cm³/mol. The number of benzene rings is 1. The molecule has 4 heteroatoms. The van der Waals surface area contributed by atoms with Crippen molar-refractivity contribution in [1.82, 2.24) is 4.57 Å². The molecule has 0 aliphatic carbocycles. The van der Waals surface area contributed by atoms with Gasteiger partial charge in [-0.2, -0.15) is 0 Å². The predicted octanol–water partition coefficient (Wildman–Crippen LogP) is 2.93. The largest absolute Gasteiger partial charge is 0.495 e. The molecule has 1 aromatic heterocycles. The minimum atomic E-state index is -0.919. The van der Waals surface area contributed by atoms with E-state index in [0.717, 1.165) is 10.9 Å². The van der Waals surface area contributed by atoms with Crippen molar-refractivity contribution >= 4 is 16.9 Å². The van der Waals surface area contributed by atoms with E-state index in [1.54, 1.807) is 17.7 Å². The fourth-order valence-corrected chi connectivity index (χ4v) is 2.12. The van der Waals surface area contributed by atoms with Gasteiger partial charge in [-0.15, -0.1) is 0 Å². The molecule has 1 N–H and O–H groups in total. The number of fused-ring (bicyclic) bond motifs is 1. The van der Waals surface area contributed by atoms with Gasteiger partial charge in [-0.1, -0.05) is 12.1 Å². The lowest BCUT2D eigenvalue weighted by atomic mass is 10.2. The van der Waals surface area contributed by atoms with Crippen LogP contribution in [0.25, 0.3) is 10.9 Å². The Labute approximate surface area is 99.4 Å². The minimum Gasteiger partial charge on any atom is -0.495 e. The van der Waals surface area contributed by atoms with E-state index >= 15 is 0 Å². The Morgan fingerprint density at radius 2 is 2.12 bits per heavy atom. The van der Waals surface area contributed by atoms with E-state index in [1.807, 2.05) is 32.0 Å². The zero-order valence-corrected chi connectivity index (χ0v) is 10.1. The molecule has 0 atom stereocenters. The molecule has 0 spiro atoms. The van der Waals surface area contributed by atoms with Crippen LogP contribution in [0.4, 0.5) is 0 Å². The lowest BCUT2D eigenvalue weighted by Gasteiger charge is -2.14. The van der Waals surface area contributed by atoms with Crippen LogP contribution in [0.1, 0.15) is 30.4 Å². The van der Waals surface area contributed by atoms with Crippen LogP contribution < -0.4 is 4.74 Å². The first kappa shape index (κ1) is 11.5. The average Bonchev–Trinajstić information content (AvgIpc) is 2.67. The molecular formula is C13H15NO3. The molecule has 0 bridgehead atoms. The SMILES string of the molecule is COc1cccc2cc(C(=O)O)n(C(C)C)c12. The molecule has 0 saturated carbocycles. The van der Waals surface area contributed by atoms with Gasteiger partial charge in [-0.3, -0.25) is 0 Å². The molecule has 0 aliphatic heterocycles. The van der Waals surface area contributed by atoms with Crippen molar-refractivity contribution in [3.05, 3.63) is 30.0 Å². The zero-order valence-electron chi connectivity index (χ0n) is 10.1. The van der Waals surface area contributed by atoms with Crippen molar-refractivity contribution in [2.45, 2.75) is 19.9 Å². The fourth-order valence-electron chi connectivity index (χ4n) is 2.12. The van der Waals surface area contributed by atoms with Gasteiger partial charge < -0.3 is 14.4 Å². The van der Waals surface area contributed by atoms with Crippen molar-refractivity contribution < 1.29 is 14.6 Å². The summed E-state index contributed by atoms with van der Waals surface area (Å²) >= 11 is 0. The highest BCUT2D eigenvalue weighted by molar-refractivity contribution is 5.97. The topological polar surface area (TPSA) is 51.5 Å². The van der Waals surface area contributed by atoms with E-state index in [1.165, 1.54) is 0 Å². The Bertz CT molecular complexity index is 569. The van der Waals surface area contributed by atoms with Crippen LogP contribution >= 0.6 is 0 Å². The van der Waals surface area contributed by atoms with Gasteiger partial charge in [0.05, 0.1) is 12.6 Å². The monoisotopic (exact) mass is 233 g/mol. The smallest absolute Gasteiger partial charge is 0.352 e. The van der Waals surface area contributed by atoms with Crippen LogP contribution in [0.3, 0.4) is 0 Å². The standard InChI is InChI=1S/C13H15NO3/c1-8(2)14-10(13(15)16)7-9-5-4-6-11(17-3)12(9)14/h4-8H,1-3H3,(H,15,16). The van der Waals surface area contributed by atoms with Crippen molar-refractivity contribution in [2.75, 3.05) is 7.11 Å². The molecule has 90 valence electrons. The zero-order chi connectivity index (χ0) is 12.6. The molecule has 0 saturated heterocycles. The summed E-state index contributed by atoms with van der Waals surface area (Å²) in [5, 5.41) is 10.1. The third-order valence-corrected chi connectivity index (χ3v) is 2.78. The minimum absolute atomic E-state index is 0.0647. The third-order valence-electron chi connectivity index (χ3n) is 2.78. The number of aromatic nitrogens is 1. The molecule has 0 radical (unpaired) electrons. The van der Waals surface area contributed by atoms with Crippen molar-refractivity contribution in [2.24, 2.45) is 0 Å². The van der Waals surface area contributed by atoms with Gasteiger partial charge in [-0.05, 0) is 26.0 Å². The summed E-state index contributed by atoms with van der Waals surface area (Å²) < 4.78 is 7.09. The molecule has 17 heavy (non-hydrogen) atoms. The molecule has 2 rings (SSSR count). The van der Waals surface area contributed by atoms with Crippen LogP contribution in [0.15, 0.2) is 24.3 Å². The van der Waals surface area contributed by atoms with Gasteiger partial charge >= 0.3 is 5.97 Å². The third kappa shape index (κ3) is 1.75. The van der Waals surface area contributed by atoms with Gasteiger partial charge in [0.2, 0.25) is 0 Å². The number of para-hydroxylation sites is 1. The van der Waals surface area contributed by atoms with Crippen molar-refractivity contribution in [3.63, 3.8) is 0 Å². The average molecular weight is 233 g/mol. The molecule has 0 fully saturated rings. The van der Waals surface area contributed by atoms with Crippen LogP contribution in [0, 0.1) is 0 Å². The van der Waals surface area contributed by atoms with E-state index < -0.39 is 5.97 Å². The Morgan fingerprint density at radius 1 is 1.41 bits per heavy atom. The molecule has 0 amide bonds. The number of hydrogen-bond donors (Lipinski definition) is 1. The Morgan fingerprint density at radius 3 is 2.65 bits per heavy atom. The van der Waals surface area contributed by atoms with Gasteiger partial charge in [0.15, 0.2) is 0 Å². The van der Waals surface area contributed by atoms with E-state index in [2.05, 4.69) is 0 Å². The van der Waals surface area contributed by atoms with E-state index in [9.17, 15) is 9.90 Å². The molecule has 2 aromatic rings. The number of rotatable bonds is 3. The molecular weight excluding hydrogens is 218 g/mol. The molecule has 0 aliphatic rings. The number of carboxylic acid groups (broad SMARTS) is 1. The lowest BCUT2D eigenvalue weighted by Crippen LogP contribution is -2.10. The normalized spacial score (nSPS) is 11.1. The molecule has 1 aromatic carbocycles. The highest BCUT2D eigenvalue weighted by Gasteiger charge is 2.18. The summed E-state index contributed by atoms with van der Waals surface area (Å²) in [4.78, 5) is 11.2. The maximum atomic E-state index is 11.2. The quantitative estimate of drug-likeness (QED) is 0.886. The van der Waals surface area contributed by atoms with Crippen LogP contribution in [0.5, 0.6) is 5.75 Å². The van der Waals surface area contributed by atoms with Gasteiger partial charge in [0.1, 0.15) is 11.4 Å². The Kier molecular flexibility index (Phi) is 2.79. The van der Waals surface area contributed by atoms with Gasteiger partial charge in [0, 0.05) is 11.4 Å². The van der Waals surface area contributed by atoms with E-state index in [4.69, 9.17) is 4.74 Å². The molecule has 1 heterocycles.